The minimum atomic E-state index is -0.0470. The molecule has 1 aliphatic rings. The number of nitrogen functional groups attached to an aromatic ring is 1. The highest BCUT2D eigenvalue weighted by Crippen LogP contribution is 2.17. The number of rotatable bonds is 3. The van der Waals surface area contributed by atoms with Crippen LogP contribution in [0.25, 0.3) is 0 Å². The number of carbonyl (C=O) groups excluding carboxylic acids is 1. The number of aromatic amines is 1. The van der Waals surface area contributed by atoms with Gasteiger partial charge in [0.05, 0.1) is 26.3 Å². The van der Waals surface area contributed by atoms with E-state index in [0.717, 1.165) is 32.1 Å². The van der Waals surface area contributed by atoms with Gasteiger partial charge in [0.25, 0.3) is 0 Å². The third kappa shape index (κ3) is 3.97. The number of pyridine rings is 1. The minimum absolute atomic E-state index is 0. The van der Waals surface area contributed by atoms with E-state index in [2.05, 4.69) is 15.2 Å². The molecule has 0 radical (unpaired) electrons. The maximum atomic E-state index is 11.3. The lowest BCUT2D eigenvalue weighted by Gasteiger charge is -2.23. The molecule has 106 valence electrons. The van der Waals surface area contributed by atoms with Crippen LogP contribution in [-0.2, 0) is 9.53 Å². The number of H-pyrrole nitrogens is 1. The molecule has 7 heteroatoms. The Morgan fingerprint density at radius 1 is 1.47 bits per heavy atom. The van der Waals surface area contributed by atoms with Crippen LogP contribution >= 0.6 is 0 Å². The normalized spacial score (nSPS) is 14.7. The van der Waals surface area contributed by atoms with Gasteiger partial charge in [-0.3, -0.25) is 9.69 Å². The fraction of sp³-hybridized carbons (Fsp3) is 0.500. The highest BCUT2D eigenvalue weighted by Gasteiger charge is 2.18. The molecule has 0 unspecified atom stereocenters. The molecule has 1 aromatic heterocycles. The summed E-state index contributed by atoms with van der Waals surface area (Å²) in [6, 6.07) is 3.75. The first-order valence-electron chi connectivity index (χ1n) is 6.15. The van der Waals surface area contributed by atoms with E-state index in [1.165, 1.54) is 0 Å². The summed E-state index contributed by atoms with van der Waals surface area (Å²) in [6.07, 6.45) is 0.435. The molecule has 6 nitrogen and oxygen atoms in total. The molecule has 1 amide bonds. The SMILES string of the molecule is CCC(=O)Nc1ccc(N2CCOCC2)[nH+]c1N.[Cl-]. The molecule has 1 aromatic rings. The number of aromatic nitrogens is 1. The largest absolute Gasteiger partial charge is 1.00 e. The van der Waals surface area contributed by atoms with E-state index in [4.69, 9.17) is 10.5 Å². The lowest BCUT2D eigenvalue weighted by molar-refractivity contribution is -0.346. The van der Waals surface area contributed by atoms with Crippen LogP contribution < -0.4 is 33.3 Å². The molecule has 0 aliphatic carbocycles. The zero-order valence-electron chi connectivity index (χ0n) is 10.9. The third-order valence-corrected chi connectivity index (χ3v) is 2.91. The van der Waals surface area contributed by atoms with Crippen molar-refractivity contribution < 1.29 is 26.9 Å². The Balaban J connectivity index is 0.00000180. The number of anilines is 3. The smallest absolute Gasteiger partial charge is 0.241 e. The lowest BCUT2D eigenvalue weighted by atomic mass is 10.3. The molecule has 0 aromatic carbocycles. The number of hydrogen-bond donors (Lipinski definition) is 2. The van der Waals surface area contributed by atoms with Gasteiger partial charge < -0.3 is 28.2 Å². The number of ether oxygens (including phenoxy) is 1. The third-order valence-electron chi connectivity index (χ3n) is 2.91. The lowest BCUT2D eigenvalue weighted by Crippen LogP contribution is -3.00. The zero-order chi connectivity index (χ0) is 13.0. The number of hydrogen-bond acceptors (Lipinski definition) is 4. The van der Waals surface area contributed by atoms with Crippen molar-refractivity contribution in [2.45, 2.75) is 13.3 Å². The van der Waals surface area contributed by atoms with Crippen LogP contribution in [-0.4, -0.2) is 32.2 Å². The van der Waals surface area contributed by atoms with Crippen LogP contribution in [0, 0.1) is 0 Å². The summed E-state index contributed by atoms with van der Waals surface area (Å²) in [5.41, 5.74) is 6.53. The van der Waals surface area contributed by atoms with Crippen molar-refractivity contribution >= 4 is 23.2 Å². The van der Waals surface area contributed by atoms with Gasteiger partial charge in [-0.2, -0.15) is 0 Å². The second-order valence-corrected chi connectivity index (χ2v) is 4.17. The molecule has 19 heavy (non-hydrogen) atoms. The Bertz CT molecular complexity index is 436. The maximum absolute atomic E-state index is 11.3. The van der Waals surface area contributed by atoms with Crippen molar-refractivity contribution in [2.24, 2.45) is 0 Å². The van der Waals surface area contributed by atoms with Gasteiger partial charge in [-0.15, -0.1) is 0 Å². The van der Waals surface area contributed by atoms with Crippen molar-refractivity contribution in [3.8, 4) is 0 Å². The molecule has 0 atom stereocenters. The van der Waals surface area contributed by atoms with E-state index >= 15 is 0 Å². The van der Waals surface area contributed by atoms with Gasteiger partial charge in [-0.05, 0) is 6.07 Å². The molecule has 1 fully saturated rings. The van der Waals surface area contributed by atoms with E-state index in [-0.39, 0.29) is 18.3 Å². The molecule has 2 rings (SSSR count). The van der Waals surface area contributed by atoms with Crippen LogP contribution in [0.1, 0.15) is 13.3 Å². The van der Waals surface area contributed by atoms with Crippen molar-refractivity contribution in [2.75, 3.05) is 42.3 Å². The molecule has 4 N–H and O–H groups in total. The predicted octanol–water partition coefficient (Wildman–Crippen LogP) is -2.73. The van der Waals surface area contributed by atoms with Gasteiger partial charge in [0.1, 0.15) is 5.69 Å². The summed E-state index contributed by atoms with van der Waals surface area (Å²) in [7, 11) is 0. The number of nitrogens with zero attached hydrogens (tertiary/aromatic N) is 1. The van der Waals surface area contributed by atoms with Gasteiger partial charge >= 0.3 is 0 Å². The summed E-state index contributed by atoms with van der Waals surface area (Å²) in [5.74, 6) is 1.38. The topological polar surface area (TPSA) is 81.7 Å². The van der Waals surface area contributed by atoms with Gasteiger partial charge in [0.2, 0.25) is 17.5 Å². The molecule has 0 saturated carbocycles. The Labute approximate surface area is 118 Å². The number of nitrogens with two attached hydrogens (primary N) is 1. The zero-order valence-corrected chi connectivity index (χ0v) is 11.7. The summed E-state index contributed by atoms with van der Waals surface area (Å²) >= 11 is 0. The number of halogens is 1. The standard InChI is InChI=1S/C12H18N4O2.ClH/c1-2-11(17)14-9-3-4-10(15-12(9)13)16-5-7-18-8-6-16;/h3-4H,2,5-8H2,1H3,(H2,13,15)(H,14,17);1H. The molecule has 1 saturated heterocycles. The number of amides is 1. The first-order chi connectivity index (χ1) is 8.70. The van der Waals surface area contributed by atoms with Crippen LogP contribution in [0.2, 0.25) is 0 Å². The van der Waals surface area contributed by atoms with Gasteiger partial charge in [0, 0.05) is 12.5 Å². The van der Waals surface area contributed by atoms with Crippen LogP contribution in [0.15, 0.2) is 12.1 Å². The fourth-order valence-electron chi connectivity index (χ4n) is 1.84. The number of nitrogens with one attached hydrogen (secondary N) is 2. The summed E-state index contributed by atoms with van der Waals surface area (Å²) in [5, 5.41) is 2.75. The van der Waals surface area contributed by atoms with Gasteiger partial charge in [-0.25, -0.2) is 4.98 Å². The van der Waals surface area contributed by atoms with Gasteiger partial charge in [-0.1, -0.05) is 6.92 Å². The maximum Gasteiger partial charge on any atom is 0.241 e. The van der Waals surface area contributed by atoms with E-state index in [1.54, 1.807) is 6.92 Å². The van der Waals surface area contributed by atoms with Crippen molar-refractivity contribution in [3.63, 3.8) is 0 Å². The van der Waals surface area contributed by atoms with Crippen LogP contribution in [0.3, 0.4) is 0 Å². The second kappa shape index (κ2) is 7.16. The highest BCUT2D eigenvalue weighted by atomic mass is 35.5. The van der Waals surface area contributed by atoms with Crippen molar-refractivity contribution in [1.29, 1.82) is 0 Å². The van der Waals surface area contributed by atoms with Crippen LogP contribution in [0.4, 0.5) is 17.3 Å². The van der Waals surface area contributed by atoms with Gasteiger partial charge in [0.15, 0.2) is 0 Å². The minimum Gasteiger partial charge on any atom is -1.00 e. The van der Waals surface area contributed by atoms with Crippen LogP contribution in [0.5, 0.6) is 0 Å². The summed E-state index contributed by atoms with van der Waals surface area (Å²) in [4.78, 5) is 16.6. The monoisotopic (exact) mass is 286 g/mol. The number of morpholine rings is 1. The predicted molar refractivity (Wildman–Crippen MR) is 69.4 cm³/mol. The molecule has 1 aliphatic heterocycles. The highest BCUT2D eigenvalue weighted by molar-refractivity contribution is 5.92. The molecular weight excluding hydrogens is 268 g/mol. The average Bonchev–Trinajstić information content (AvgIpc) is 2.42. The summed E-state index contributed by atoms with van der Waals surface area (Å²) < 4.78 is 5.30. The molecular formula is C12H19ClN4O2. The Morgan fingerprint density at radius 3 is 2.74 bits per heavy atom. The molecule has 0 spiro atoms. The first kappa shape index (κ1) is 15.5. The quantitative estimate of drug-likeness (QED) is 0.632. The average molecular weight is 287 g/mol. The Morgan fingerprint density at radius 2 is 2.16 bits per heavy atom. The van der Waals surface area contributed by atoms with E-state index in [0.29, 0.717) is 17.9 Å². The Kier molecular flexibility index (Phi) is 5.85. The number of carbonyl (C=O) groups is 1. The summed E-state index contributed by atoms with van der Waals surface area (Å²) in [6.45, 7) is 4.94. The van der Waals surface area contributed by atoms with Crippen molar-refractivity contribution in [1.82, 2.24) is 0 Å². The fourth-order valence-corrected chi connectivity index (χ4v) is 1.84. The van der Waals surface area contributed by atoms with E-state index in [9.17, 15) is 4.79 Å². The van der Waals surface area contributed by atoms with E-state index < -0.39 is 0 Å². The van der Waals surface area contributed by atoms with Crippen molar-refractivity contribution in [3.05, 3.63) is 12.1 Å². The molecule has 2 heterocycles. The van der Waals surface area contributed by atoms with E-state index in [1.807, 2.05) is 12.1 Å². The first-order valence-corrected chi connectivity index (χ1v) is 6.15. The molecule has 0 bridgehead atoms. The second-order valence-electron chi connectivity index (χ2n) is 4.17. The Hall–Kier alpha value is -1.53.